The average molecular weight is 672 g/mol. The molecule has 0 aliphatic carbocycles. The predicted molar refractivity (Wildman–Crippen MR) is 184 cm³/mol. The summed E-state index contributed by atoms with van der Waals surface area (Å²) in [5, 5.41) is 21.1. The first-order valence-electron chi connectivity index (χ1n) is 16.5. The molecule has 0 radical (unpaired) electrons. The van der Waals surface area contributed by atoms with E-state index in [0.717, 1.165) is 28.3 Å². The Morgan fingerprint density at radius 3 is 2.31 bits per heavy atom. The predicted octanol–water partition coefficient (Wildman–Crippen LogP) is 4.32. The molecular weight excluding hydrogens is 626 g/mol. The minimum Gasteiger partial charge on any atom is -0.462 e. The molecule has 1 aromatic heterocycles. The topological polar surface area (TPSA) is 172 Å². The summed E-state index contributed by atoms with van der Waals surface area (Å²) < 4.78 is 10.5. The van der Waals surface area contributed by atoms with Gasteiger partial charge in [0.2, 0.25) is 17.5 Å². The maximum Gasteiger partial charge on any atom is 0.408 e. The third kappa shape index (κ3) is 10.6. The number of benzene rings is 3. The molecule has 0 aliphatic rings. The molecule has 4 aromatic rings. The summed E-state index contributed by atoms with van der Waals surface area (Å²) in [6, 6.07) is 20.0. The highest BCUT2D eigenvalue weighted by molar-refractivity contribution is 5.94. The number of carbonyl (C=O) groups is 4. The van der Waals surface area contributed by atoms with Crippen molar-refractivity contribution in [2.24, 2.45) is 5.92 Å². The van der Waals surface area contributed by atoms with Gasteiger partial charge in [-0.1, -0.05) is 93.1 Å². The van der Waals surface area contributed by atoms with Crippen LogP contribution in [0.25, 0.3) is 10.8 Å². The number of hydrogen-bond acceptors (Lipinski definition) is 8. The van der Waals surface area contributed by atoms with Crippen molar-refractivity contribution in [3.63, 3.8) is 0 Å². The number of esters is 1. The van der Waals surface area contributed by atoms with Gasteiger partial charge in [0.15, 0.2) is 0 Å². The number of aromatic amines is 1. The summed E-state index contributed by atoms with van der Waals surface area (Å²) in [6.07, 6.45) is 3.29. The van der Waals surface area contributed by atoms with E-state index in [-0.39, 0.29) is 38.4 Å². The fourth-order valence-corrected chi connectivity index (χ4v) is 5.32. The molecule has 12 nitrogen and oxygen atoms in total. The van der Waals surface area contributed by atoms with Crippen LogP contribution in [0.1, 0.15) is 56.9 Å². The highest BCUT2D eigenvalue weighted by atomic mass is 16.6. The lowest BCUT2D eigenvalue weighted by Gasteiger charge is -2.30. The number of amides is 3. The van der Waals surface area contributed by atoms with Crippen LogP contribution in [-0.2, 0) is 43.3 Å². The van der Waals surface area contributed by atoms with Gasteiger partial charge in [0, 0.05) is 31.2 Å². The van der Waals surface area contributed by atoms with Gasteiger partial charge in [-0.15, -0.1) is 0 Å². The van der Waals surface area contributed by atoms with Crippen LogP contribution in [0.3, 0.4) is 0 Å². The first-order chi connectivity index (χ1) is 23.6. The van der Waals surface area contributed by atoms with Crippen molar-refractivity contribution in [2.45, 2.75) is 77.3 Å². The maximum absolute atomic E-state index is 14.1. The van der Waals surface area contributed by atoms with Crippen molar-refractivity contribution in [1.82, 2.24) is 25.9 Å². The Balaban J connectivity index is 1.59. The molecule has 260 valence electrons. The molecule has 0 fully saturated rings. The van der Waals surface area contributed by atoms with Crippen molar-refractivity contribution in [3.8, 4) is 0 Å². The molecule has 0 bridgehead atoms. The van der Waals surface area contributed by atoms with Crippen LogP contribution in [0.5, 0.6) is 0 Å². The first-order valence-corrected chi connectivity index (χ1v) is 16.5. The molecule has 3 aromatic carbocycles. The Morgan fingerprint density at radius 1 is 0.878 bits per heavy atom. The summed E-state index contributed by atoms with van der Waals surface area (Å²) in [7, 11) is 0. The molecule has 2 unspecified atom stereocenters. The highest BCUT2D eigenvalue weighted by Crippen LogP contribution is 2.21. The van der Waals surface area contributed by atoms with E-state index in [4.69, 9.17) is 9.47 Å². The number of alkyl carbamates (subject to hydrolysis) is 1. The van der Waals surface area contributed by atoms with Crippen LogP contribution < -0.4 is 16.0 Å². The number of hydrogen-bond donors (Lipinski definition) is 5. The summed E-state index contributed by atoms with van der Waals surface area (Å²) in [5.41, 5.74) is -0.250. The van der Waals surface area contributed by atoms with Crippen molar-refractivity contribution in [2.75, 3.05) is 6.61 Å². The van der Waals surface area contributed by atoms with Crippen LogP contribution in [0.4, 0.5) is 4.79 Å². The zero-order valence-corrected chi connectivity index (χ0v) is 28.1. The second-order valence-electron chi connectivity index (χ2n) is 12.1. The average Bonchev–Trinajstić information content (AvgIpc) is 3.63. The van der Waals surface area contributed by atoms with Gasteiger partial charge in [-0.05, 0) is 41.2 Å². The zero-order chi connectivity index (χ0) is 35.2. The van der Waals surface area contributed by atoms with Crippen molar-refractivity contribution in [1.29, 1.82) is 0 Å². The Bertz CT molecular complexity index is 1680. The van der Waals surface area contributed by atoms with E-state index in [2.05, 4.69) is 25.9 Å². The lowest BCUT2D eigenvalue weighted by molar-refractivity contribution is -0.173. The number of ether oxygens (including phenoxy) is 2. The molecule has 3 amide bonds. The van der Waals surface area contributed by atoms with E-state index in [9.17, 15) is 24.3 Å². The third-order valence-electron chi connectivity index (χ3n) is 8.38. The van der Waals surface area contributed by atoms with E-state index in [1.165, 1.54) is 12.5 Å². The van der Waals surface area contributed by atoms with Crippen LogP contribution in [0, 0.1) is 5.92 Å². The molecule has 1 heterocycles. The minimum atomic E-state index is -2.32. The maximum atomic E-state index is 14.1. The highest BCUT2D eigenvalue weighted by Gasteiger charge is 2.41. The summed E-state index contributed by atoms with van der Waals surface area (Å²) in [5.74, 6) is -2.32. The molecule has 0 saturated heterocycles. The zero-order valence-electron chi connectivity index (χ0n) is 28.1. The number of rotatable bonds is 17. The van der Waals surface area contributed by atoms with E-state index >= 15 is 0 Å². The Labute approximate surface area is 286 Å². The van der Waals surface area contributed by atoms with Gasteiger partial charge in [-0.2, -0.15) is 0 Å². The Kier molecular flexibility index (Phi) is 13.3. The monoisotopic (exact) mass is 671 g/mol. The second kappa shape index (κ2) is 17.8. The van der Waals surface area contributed by atoms with Gasteiger partial charge < -0.3 is 35.5 Å². The molecule has 4 atom stereocenters. The van der Waals surface area contributed by atoms with Gasteiger partial charge in [0.1, 0.15) is 18.7 Å². The van der Waals surface area contributed by atoms with Gasteiger partial charge in [0.25, 0.3) is 0 Å². The molecule has 5 N–H and O–H groups in total. The fraction of sp³-hybridized carbons (Fsp3) is 0.378. The van der Waals surface area contributed by atoms with E-state index in [0.29, 0.717) is 12.1 Å². The standard InChI is InChI=1S/C37H45N5O7/c1-4-25(3)18-19-37(47,35(45)48-5-2)42-34(44)32(21-29-22-38-24-39-29)40-33(43)31(41-36(46)49-23-26-12-7-6-8-13-26)20-28-16-11-15-27-14-9-10-17-30(27)28/h6-17,22,24-25,31-32,47H,4-5,18-21,23H2,1-3H3,(H,38,39)(H,40,43)(H,41,46)(H,42,44)/t25?,31-,32+,37?/m1/s1. The molecule has 0 spiro atoms. The molecular formula is C37H45N5O7. The third-order valence-corrected chi connectivity index (χ3v) is 8.38. The Morgan fingerprint density at radius 2 is 1.59 bits per heavy atom. The van der Waals surface area contributed by atoms with E-state index in [1.54, 1.807) is 6.92 Å². The van der Waals surface area contributed by atoms with Gasteiger partial charge in [-0.3, -0.25) is 9.59 Å². The van der Waals surface area contributed by atoms with E-state index < -0.39 is 41.7 Å². The molecule has 0 saturated carbocycles. The minimum absolute atomic E-state index is 0.00343. The number of aliphatic hydroxyl groups is 1. The second-order valence-corrected chi connectivity index (χ2v) is 12.1. The SMILES string of the molecule is CCOC(=O)C(O)(CCC(C)CC)NC(=O)[C@H](Cc1cnc[nH]1)NC(=O)[C@@H](Cc1cccc2ccccc12)NC(=O)OCc1ccccc1. The summed E-state index contributed by atoms with van der Waals surface area (Å²) in [6.45, 7) is 5.55. The van der Waals surface area contributed by atoms with Gasteiger partial charge >= 0.3 is 12.1 Å². The largest absolute Gasteiger partial charge is 0.462 e. The lowest BCUT2D eigenvalue weighted by Crippen LogP contribution is -2.61. The van der Waals surface area contributed by atoms with Gasteiger partial charge in [-0.25, -0.2) is 14.6 Å². The molecule has 49 heavy (non-hydrogen) atoms. The number of imidazole rings is 1. The first kappa shape index (κ1) is 36.6. The number of nitrogens with zero attached hydrogens (tertiary/aromatic N) is 1. The van der Waals surface area contributed by atoms with Crippen LogP contribution >= 0.6 is 0 Å². The normalized spacial score (nSPS) is 14.1. The van der Waals surface area contributed by atoms with E-state index in [1.807, 2.05) is 86.6 Å². The fourth-order valence-electron chi connectivity index (χ4n) is 5.32. The number of aromatic nitrogens is 2. The van der Waals surface area contributed by atoms with Crippen LogP contribution in [0.2, 0.25) is 0 Å². The smallest absolute Gasteiger partial charge is 0.408 e. The van der Waals surface area contributed by atoms with Crippen molar-refractivity contribution in [3.05, 3.63) is 102 Å². The molecule has 0 aliphatic heterocycles. The number of fused-ring (bicyclic) bond motifs is 1. The summed E-state index contributed by atoms with van der Waals surface area (Å²) in [4.78, 5) is 60.8. The molecule has 12 heteroatoms. The number of nitrogens with one attached hydrogen (secondary N) is 4. The Hall–Kier alpha value is -5.23. The lowest BCUT2D eigenvalue weighted by atomic mass is 9.96. The van der Waals surface area contributed by atoms with Crippen molar-refractivity contribution < 1.29 is 33.8 Å². The summed E-state index contributed by atoms with van der Waals surface area (Å²) >= 11 is 0. The van der Waals surface area contributed by atoms with Gasteiger partial charge in [0.05, 0.1) is 12.9 Å². The quantitative estimate of drug-likeness (QED) is 0.0816. The van der Waals surface area contributed by atoms with Crippen LogP contribution in [0.15, 0.2) is 85.3 Å². The molecule has 4 rings (SSSR count). The van der Waals surface area contributed by atoms with Crippen molar-refractivity contribution >= 4 is 34.6 Å². The van der Waals surface area contributed by atoms with Crippen LogP contribution in [-0.4, -0.2) is 63.4 Å². The number of carbonyl (C=O) groups excluding carboxylic acids is 4. The number of H-pyrrole nitrogens is 1.